The number of hydrogen-bond acceptors (Lipinski definition) is 7. The number of piperazine rings is 1. The Morgan fingerprint density at radius 1 is 1.00 bits per heavy atom. The van der Waals surface area contributed by atoms with Crippen LogP contribution in [0.25, 0.3) is 0 Å². The van der Waals surface area contributed by atoms with Crippen LogP contribution >= 0.6 is 0 Å². The summed E-state index contributed by atoms with van der Waals surface area (Å²) in [5.74, 6) is 2.19. The highest BCUT2D eigenvalue weighted by molar-refractivity contribution is 5.55. The van der Waals surface area contributed by atoms with Gasteiger partial charge in [0.05, 0.1) is 33.3 Å². The second-order valence-electron chi connectivity index (χ2n) is 7.04. The van der Waals surface area contributed by atoms with Gasteiger partial charge in [0.1, 0.15) is 12.3 Å². The summed E-state index contributed by atoms with van der Waals surface area (Å²) < 4.78 is 5.18. The quantitative estimate of drug-likeness (QED) is 0.579. The Hall–Kier alpha value is -3.39. The van der Waals surface area contributed by atoms with Crippen LogP contribution in [0.15, 0.2) is 54.6 Å². The molecule has 2 aromatic carbocycles. The van der Waals surface area contributed by atoms with E-state index in [2.05, 4.69) is 49.4 Å². The van der Waals surface area contributed by atoms with Crippen LogP contribution in [0.1, 0.15) is 5.82 Å². The Bertz CT molecular complexity index is 926. The van der Waals surface area contributed by atoms with Crippen molar-refractivity contribution in [3.63, 3.8) is 0 Å². The highest BCUT2D eigenvalue weighted by Gasteiger charge is 2.21. The van der Waals surface area contributed by atoms with Gasteiger partial charge in [-0.1, -0.05) is 18.2 Å². The first-order chi connectivity index (χ1) is 14.2. The lowest BCUT2D eigenvalue weighted by molar-refractivity contribution is -0.915. The molecule has 3 aromatic rings. The Kier molecular flexibility index (Phi) is 5.71. The minimum Gasteiger partial charge on any atom is -0.497 e. The third kappa shape index (κ3) is 4.91. The fourth-order valence-electron chi connectivity index (χ4n) is 3.50. The zero-order valence-electron chi connectivity index (χ0n) is 16.5. The van der Waals surface area contributed by atoms with Crippen molar-refractivity contribution >= 4 is 23.3 Å². The van der Waals surface area contributed by atoms with E-state index >= 15 is 0 Å². The highest BCUT2D eigenvalue weighted by atomic mass is 16.5. The normalized spacial score (nSPS) is 14.6. The van der Waals surface area contributed by atoms with Gasteiger partial charge in [-0.15, -0.1) is 0 Å². The molecule has 1 aliphatic heterocycles. The fraction of sp³-hybridized carbons (Fsp3) is 0.286. The van der Waals surface area contributed by atoms with Crippen molar-refractivity contribution in [2.75, 3.05) is 49.2 Å². The van der Waals surface area contributed by atoms with Crippen LogP contribution in [-0.2, 0) is 6.54 Å². The van der Waals surface area contributed by atoms with Gasteiger partial charge >= 0.3 is 0 Å². The highest BCUT2D eigenvalue weighted by Crippen LogP contribution is 2.18. The maximum atomic E-state index is 5.92. The molecule has 1 saturated heterocycles. The zero-order chi connectivity index (χ0) is 20.1. The summed E-state index contributed by atoms with van der Waals surface area (Å²) in [5.41, 5.74) is 8.07. The molecule has 0 spiro atoms. The van der Waals surface area contributed by atoms with Crippen molar-refractivity contribution in [3.05, 3.63) is 60.4 Å². The van der Waals surface area contributed by atoms with Crippen molar-refractivity contribution in [1.82, 2.24) is 15.0 Å². The van der Waals surface area contributed by atoms with Gasteiger partial charge in [-0.3, -0.25) is 0 Å². The number of aromatic nitrogens is 3. The average Bonchev–Trinajstić information content (AvgIpc) is 2.75. The number of hydrogen-bond donors (Lipinski definition) is 3. The molecule has 0 amide bonds. The summed E-state index contributed by atoms with van der Waals surface area (Å²) in [6.45, 7) is 4.81. The molecule has 0 saturated carbocycles. The van der Waals surface area contributed by atoms with Crippen LogP contribution in [-0.4, -0.2) is 48.2 Å². The van der Waals surface area contributed by atoms with Crippen molar-refractivity contribution in [1.29, 1.82) is 0 Å². The van der Waals surface area contributed by atoms with Crippen molar-refractivity contribution in [3.8, 4) is 5.75 Å². The predicted octanol–water partition coefficient (Wildman–Crippen LogP) is 1.11. The van der Waals surface area contributed by atoms with E-state index < -0.39 is 0 Å². The number of methoxy groups -OCH3 is 1. The van der Waals surface area contributed by atoms with Gasteiger partial charge in [0.25, 0.3) is 0 Å². The number of nitrogens with zero attached hydrogens (tertiary/aromatic N) is 4. The van der Waals surface area contributed by atoms with E-state index in [0.29, 0.717) is 11.8 Å². The van der Waals surface area contributed by atoms with Crippen LogP contribution in [0.4, 0.5) is 23.3 Å². The van der Waals surface area contributed by atoms with Gasteiger partial charge in [-0.2, -0.15) is 15.0 Å². The molecule has 4 rings (SSSR count). The van der Waals surface area contributed by atoms with E-state index in [1.54, 1.807) is 7.11 Å². The molecule has 1 aromatic heterocycles. The first kappa shape index (κ1) is 18.9. The van der Waals surface area contributed by atoms with E-state index in [1.807, 2.05) is 30.3 Å². The number of quaternary nitrogens is 1. The molecule has 150 valence electrons. The standard InChI is InChI=1S/C21H25N7O/c1-29-18-9-7-16(8-10-18)23-21-25-19(24-20(22)26-21)15-27-11-13-28(14-12-27)17-5-3-2-4-6-17/h2-10H,11-15H2,1H3,(H3,22,23,24,25,26)/p+1. The molecule has 0 bridgehead atoms. The first-order valence-corrected chi connectivity index (χ1v) is 9.75. The van der Waals surface area contributed by atoms with Gasteiger partial charge in [0.2, 0.25) is 11.9 Å². The molecular formula is C21H26N7O+. The van der Waals surface area contributed by atoms with E-state index in [9.17, 15) is 0 Å². The number of nitrogen functional groups attached to an aromatic ring is 1. The third-order valence-corrected chi connectivity index (χ3v) is 5.05. The van der Waals surface area contributed by atoms with E-state index in [0.717, 1.165) is 44.2 Å². The molecule has 0 aliphatic carbocycles. The summed E-state index contributed by atoms with van der Waals surface area (Å²) in [6, 6.07) is 18.1. The smallest absolute Gasteiger partial charge is 0.232 e. The number of anilines is 4. The Morgan fingerprint density at radius 3 is 2.41 bits per heavy atom. The summed E-state index contributed by atoms with van der Waals surface area (Å²) in [7, 11) is 1.64. The van der Waals surface area contributed by atoms with Gasteiger partial charge in [-0.05, 0) is 36.4 Å². The van der Waals surface area contributed by atoms with Gasteiger partial charge in [0, 0.05) is 11.4 Å². The monoisotopic (exact) mass is 392 g/mol. The number of rotatable bonds is 6. The van der Waals surface area contributed by atoms with Crippen LogP contribution in [0.5, 0.6) is 5.75 Å². The Labute approximate surface area is 170 Å². The largest absolute Gasteiger partial charge is 0.497 e. The van der Waals surface area contributed by atoms with E-state index in [-0.39, 0.29) is 5.95 Å². The summed E-state index contributed by atoms with van der Waals surface area (Å²) in [6.07, 6.45) is 0. The summed E-state index contributed by atoms with van der Waals surface area (Å²) in [4.78, 5) is 17.0. The van der Waals surface area contributed by atoms with Crippen LogP contribution in [0.2, 0.25) is 0 Å². The van der Waals surface area contributed by atoms with E-state index in [1.165, 1.54) is 10.6 Å². The van der Waals surface area contributed by atoms with Crippen molar-refractivity contribution < 1.29 is 9.64 Å². The minimum atomic E-state index is 0.230. The van der Waals surface area contributed by atoms with E-state index in [4.69, 9.17) is 10.5 Å². The third-order valence-electron chi connectivity index (χ3n) is 5.05. The van der Waals surface area contributed by atoms with Gasteiger partial charge in [-0.25, -0.2) is 0 Å². The number of ether oxygens (including phenoxy) is 1. The number of nitrogens with two attached hydrogens (primary N) is 1. The number of para-hydroxylation sites is 1. The molecule has 0 atom stereocenters. The first-order valence-electron chi connectivity index (χ1n) is 9.75. The summed E-state index contributed by atoms with van der Waals surface area (Å²) >= 11 is 0. The molecule has 1 aliphatic rings. The molecule has 29 heavy (non-hydrogen) atoms. The molecule has 0 radical (unpaired) electrons. The van der Waals surface area contributed by atoms with Gasteiger partial charge in [0.15, 0.2) is 5.82 Å². The molecule has 4 N–H and O–H groups in total. The molecule has 8 nitrogen and oxygen atoms in total. The molecule has 2 heterocycles. The topological polar surface area (TPSA) is 93.6 Å². The molecule has 1 fully saturated rings. The zero-order valence-corrected chi connectivity index (χ0v) is 16.5. The second-order valence-corrected chi connectivity index (χ2v) is 7.04. The van der Waals surface area contributed by atoms with Crippen molar-refractivity contribution in [2.24, 2.45) is 0 Å². The lowest BCUT2D eigenvalue weighted by Gasteiger charge is -2.33. The molecular weight excluding hydrogens is 366 g/mol. The molecule has 0 unspecified atom stereocenters. The number of benzene rings is 2. The average molecular weight is 392 g/mol. The Morgan fingerprint density at radius 2 is 1.72 bits per heavy atom. The molecule has 8 heteroatoms. The van der Waals surface area contributed by atoms with Crippen molar-refractivity contribution in [2.45, 2.75) is 6.54 Å². The predicted molar refractivity (Wildman–Crippen MR) is 114 cm³/mol. The van der Waals surface area contributed by atoms with Crippen LogP contribution < -0.4 is 25.6 Å². The fourth-order valence-corrected chi connectivity index (χ4v) is 3.50. The minimum absolute atomic E-state index is 0.230. The summed E-state index contributed by atoms with van der Waals surface area (Å²) in [5, 5.41) is 3.19. The Balaban J connectivity index is 1.38. The van der Waals surface area contributed by atoms with Crippen LogP contribution in [0.3, 0.4) is 0 Å². The maximum absolute atomic E-state index is 5.92. The maximum Gasteiger partial charge on any atom is 0.232 e. The van der Waals surface area contributed by atoms with Crippen LogP contribution in [0, 0.1) is 0 Å². The SMILES string of the molecule is COc1ccc(Nc2nc(N)nc(C[NH+]3CCN(c4ccccc4)CC3)n2)cc1. The lowest BCUT2D eigenvalue weighted by atomic mass is 10.2. The number of nitrogens with one attached hydrogen (secondary N) is 2. The van der Waals surface area contributed by atoms with Gasteiger partial charge < -0.3 is 25.6 Å². The second kappa shape index (κ2) is 8.74. The lowest BCUT2D eigenvalue weighted by Crippen LogP contribution is -3.13.